The highest BCUT2D eigenvalue weighted by atomic mass is 19.2. The molecule has 5 nitrogen and oxygen atoms in total. The van der Waals surface area contributed by atoms with Gasteiger partial charge in [-0.2, -0.15) is 4.98 Å². The molecule has 0 saturated heterocycles. The summed E-state index contributed by atoms with van der Waals surface area (Å²) in [5.74, 6) is -0.881. The summed E-state index contributed by atoms with van der Waals surface area (Å²) in [5, 5.41) is 6.24. The molecule has 1 aromatic carbocycles. The van der Waals surface area contributed by atoms with Crippen LogP contribution in [-0.2, 0) is 0 Å². The van der Waals surface area contributed by atoms with Gasteiger partial charge in [-0.3, -0.25) is 4.98 Å². The molecule has 0 aliphatic carbocycles. The molecule has 7 heteroatoms. The minimum absolute atomic E-state index is 0.193. The molecular formula is C19H19F2N5. The maximum Gasteiger partial charge on any atom is 0.225 e. The van der Waals surface area contributed by atoms with E-state index in [9.17, 15) is 8.78 Å². The summed E-state index contributed by atoms with van der Waals surface area (Å²) in [7, 11) is 0. The lowest BCUT2D eigenvalue weighted by Crippen LogP contribution is -2.16. The average Bonchev–Trinajstić information content (AvgIpc) is 2.65. The summed E-state index contributed by atoms with van der Waals surface area (Å²) < 4.78 is 26.6. The Kier molecular flexibility index (Phi) is 5.36. The Morgan fingerprint density at radius 3 is 2.46 bits per heavy atom. The Morgan fingerprint density at radius 1 is 1.00 bits per heavy atom. The van der Waals surface area contributed by atoms with E-state index < -0.39 is 11.6 Å². The van der Waals surface area contributed by atoms with Crippen LogP contribution in [0.5, 0.6) is 0 Å². The third kappa shape index (κ3) is 4.30. The molecule has 0 spiro atoms. The first kappa shape index (κ1) is 17.7. The molecule has 2 N–H and O–H groups in total. The maximum atomic E-state index is 13.5. The van der Waals surface area contributed by atoms with Gasteiger partial charge in [-0.1, -0.05) is 6.92 Å². The van der Waals surface area contributed by atoms with Gasteiger partial charge in [-0.05, 0) is 37.6 Å². The molecule has 0 saturated carbocycles. The molecule has 26 heavy (non-hydrogen) atoms. The zero-order valence-electron chi connectivity index (χ0n) is 14.5. The number of hydrogen-bond acceptors (Lipinski definition) is 5. The SMILES string of the molecule is CC[C@H](C)Nc1nc(Nc2ccc(F)c(F)c2)cc(-c2ccncc2)n1. The molecule has 0 aliphatic rings. The molecular weight excluding hydrogens is 336 g/mol. The van der Waals surface area contributed by atoms with Gasteiger partial charge in [0.15, 0.2) is 11.6 Å². The van der Waals surface area contributed by atoms with Crippen LogP contribution >= 0.6 is 0 Å². The second-order valence-corrected chi connectivity index (χ2v) is 5.91. The van der Waals surface area contributed by atoms with E-state index in [0.29, 0.717) is 23.1 Å². The Balaban J connectivity index is 1.97. The third-order valence-corrected chi connectivity index (χ3v) is 3.88. The van der Waals surface area contributed by atoms with E-state index in [1.165, 1.54) is 6.07 Å². The van der Waals surface area contributed by atoms with E-state index >= 15 is 0 Å². The van der Waals surface area contributed by atoms with Crippen LogP contribution in [0.25, 0.3) is 11.3 Å². The second kappa shape index (κ2) is 7.86. The number of pyridine rings is 1. The van der Waals surface area contributed by atoms with E-state index in [1.807, 2.05) is 19.1 Å². The number of hydrogen-bond donors (Lipinski definition) is 2. The van der Waals surface area contributed by atoms with Crippen molar-refractivity contribution in [3.63, 3.8) is 0 Å². The lowest BCUT2D eigenvalue weighted by molar-refractivity contribution is 0.509. The highest BCUT2D eigenvalue weighted by Gasteiger charge is 2.10. The number of anilines is 3. The zero-order valence-corrected chi connectivity index (χ0v) is 14.5. The van der Waals surface area contributed by atoms with Gasteiger partial charge in [0.05, 0.1) is 5.69 Å². The van der Waals surface area contributed by atoms with Crippen LogP contribution in [0.4, 0.5) is 26.2 Å². The fraction of sp³-hybridized carbons (Fsp3) is 0.211. The van der Waals surface area contributed by atoms with Gasteiger partial charge in [0, 0.05) is 41.8 Å². The minimum Gasteiger partial charge on any atom is -0.352 e. The summed E-state index contributed by atoms with van der Waals surface area (Å²) in [6, 6.07) is 9.24. The number of rotatable bonds is 6. The fourth-order valence-electron chi connectivity index (χ4n) is 2.29. The summed E-state index contributed by atoms with van der Waals surface area (Å²) in [4.78, 5) is 13.0. The van der Waals surface area contributed by atoms with Crippen molar-refractivity contribution in [1.29, 1.82) is 0 Å². The fourth-order valence-corrected chi connectivity index (χ4v) is 2.29. The van der Waals surface area contributed by atoms with Gasteiger partial charge >= 0.3 is 0 Å². The molecule has 0 amide bonds. The second-order valence-electron chi connectivity index (χ2n) is 5.91. The Hall–Kier alpha value is -3.09. The smallest absolute Gasteiger partial charge is 0.225 e. The van der Waals surface area contributed by atoms with Gasteiger partial charge in [-0.25, -0.2) is 13.8 Å². The number of benzene rings is 1. The monoisotopic (exact) mass is 355 g/mol. The van der Waals surface area contributed by atoms with Crippen molar-refractivity contribution in [3.05, 3.63) is 60.4 Å². The third-order valence-electron chi connectivity index (χ3n) is 3.88. The van der Waals surface area contributed by atoms with Gasteiger partial charge < -0.3 is 10.6 Å². The number of nitrogens with one attached hydrogen (secondary N) is 2. The largest absolute Gasteiger partial charge is 0.352 e. The highest BCUT2D eigenvalue weighted by Crippen LogP contribution is 2.24. The lowest BCUT2D eigenvalue weighted by Gasteiger charge is -2.14. The van der Waals surface area contributed by atoms with Crippen molar-refractivity contribution in [2.45, 2.75) is 26.3 Å². The first-order valence-corrected chi connectivity index (χ1v) is 8.33. The van der Waals surface area contributed by atoms with Crippen LogP contribution in [0.15, 0.2) is 48.8 Å². The summed E-state index contributed by atoms with van der Waals surface area (Å²) in [6.45, 7) is 4.09. The van der Waals surface area contributed by atoms with Crippen molar-refractivity contribution >= 4 is 17.5 Å². The van der Waals surface area contributed by atoms with Crippen molar-refractivity contribution in [2.24, 2.45) is 0 Å². The standard InChI is InChI=1S/C19H19F2N5/c1-3-12(2)23-19-25-17(13-6-8-22-9-7-13)11-18(26-19)24-14-4-5-15(20)16(21)10-14/h4-12H,3H2,1-2H3,(H2,23,24,25,26)/t12-/m0/s1. The van der Waals surface area contributed by atoms with E-state index in [2.05, 4.69) is 32.5 Å². The molecule has 0 unspecified atom stereocenters. The molecule has 0 bridgehead atoms. The molecule has 0 radical (unpaired) electrons. The minimum atomic E-state index is -0.920. The van der Waals surface area contributed by atoms with Crippen LogP contribution in [0.1, 0.15) is 20.3 Å². The van der Waals surface area contributed by atoms with Crippen molar-refractivity contribution in [2.75, 3.05) is 10.6 Å². The lowest BCUT2D eigenvalue weighted by atomic mass is 10.2. The molecule has 2 aromatic heterocycles. The predicted molar refractivity (Wildman–Crippen MR) is 98.3 cm³/mol. The predicted octanol–water partition coefficient (Wildman–Crippen LogP) is 4.77. The van der Waals surface area contributed by atoms with Crippen LogP contribution in [0, 0.1) is 11.6 Å². The molecule has 134 valence electrons. The molecule has 0 aliphatic heterocycles. The van der Waals surface area contributed by atoms with Gasteiger partial charge in [0.25, 0.3) is 0 Å². The summed E-state index contributed by atoms with van der Waals surface area (Å²) in [6.07, 6.45) is 4.28. The molecule has 3 aromatic rings. The zero-order chi connectivity index (χ0) is 18.5. The quantitative estimate of drug-likeness (QED) is 0.667. The highest BCUT2D eigenvalue weighted by molar-refractivity contribution is 5.67. The first-order valence-electron chi connectivity index (χ1n) is 8.33. The molecule has 0 fully saturated rings. The van der Waals surface area contributed by atoms with Crippen molar-refractivity contribution < 1.29 is 8.78 Å². The van der Waals surface area contributed by atoms with Crippen LogP contribution in [-0.4, -0.2) is 21.0 Å². The van der Waals surface area contributed by atoms with Crippen molar-refractivity contribution in [1.82, 2.24) is 15.0 Å². The number of aromatic nitrogens is 3. The van der Waals surface area contributed by atoms with E-state index in [0.717, 1.165) is 24.1 Å². The Morgan fingerprint density at radius 2 is 1.77 bits per heavy atom. The Bertz CT molecular complexity index is 886. The van der Waals surface area contributed by atoms with E-state index in [-0.39, 0.29) is 6.04 Å². The summed E-state index contributed by atoms with van der Waals surface area (Å²) >= 11 is 0. The van der Waals surface area contributed by atoms with Crippen LogP contribution in [0.2, 0.25) is 0 Å². The van der Waals surface area contributed by atoms with Crippen LogP contribution < -0.4 is 10.6 Å². The van der Waals surface area contributed by atoms with Gasteiger partial charge in [0.1, 0.15) is 5.82 Å². The average molecular weight is 355 g/mol. The van der Waals surface area contributed by atoms with Crippen molar-refractivity contribution in [3.8, 4) is 11.3 Å². The maximum absolute atomic E-state index is 13.5. The first-order chi connectivity index (χ1) is 12.5. The van der Waals surface area contributed by atoms with E-state index in [4.69, 9.17) is 0 Å². The Labute approximate surface area is 150 Å². The van der Waals surface area contributed by atoms with Crippen LogP contribution in [0.3, 0.4) is 0 Å². The van der Waals surface area contributed by atoms with Gasteiger partial charge in [0.2, 0.25) is 5.95 Å². The molecule has 3 rings (SSSR count). The number of halogens is 2. The summed E-state index contributed by atoms with van der Waals surface area (Å²) in [5.41, 5.74) is 1.97. The normalized spacial score (nSPS) is 11.8. The van der Waals surface area contributed by atoms with Gasteiger partial charge in [-0.15, -0.1) is 0 Å². The topological polar surface area (TPSA) is 62.7 Å². The number of nitrogens with zero attached hydrogens (tertiary/aromatic N) is 3. The molecule has 2 heterocycles. The molecule has 1 atom stereocenters. The van der Waals surface area contributed by atoms with E-state index in [1.54, 1.807) is 18.5 Å².